The molecule has 156 valence electrons. The Bertz CT molecular complexity index is 997. The van der Waals surface area contributed by atoms with E-state index in [9.17, 15) is 24.8 Å². The molecule has 1 N–H and O–H groups in total. The van der Waals surface area contributed by atoms with Gasteiger partial charge in [0.2, 0.25) is 0 Å². The Kier molecular flexibility index (Phi) is 6.12. The summed E-state index contributed by atoms with van der Waals surface area (Å²) in [7, 11) is 2.97. The van der Waals surface area contributed by atoms with Gasteiger partial charge in [0.25, 0.3) is 17.4 Å². The number of rotatable bonds is 7. The maximum Gasteiger partial charge on any atom is 0.295 e. The van der Waals surface area contributed by atoms with E-state index in [1.807, 2.05) is 0 Å². The summed E-state index contributed by atoms with van der Waals surface area (Å²) in [6.07, 6.45) is 0. The largest absolute Gasteiger partial charge is 0.507 e. The maximum absolute atomic E-state index is 12.8. The number of ether oxygens (including phenoxy) is 2. The van der Waals surface area contributed by atoms with Gasteiger partial charge >= 0.3 is 0 Å². The highest BCUT2D eigenvalue weighted by molar-refractivity contribution is 6.46. The fourth-order valence-electron chi connectivity index (χ4n) is 3.33. The number of hydrogen-bond donors (Lipinski definition) is 1. The lowest BCUT2D eigenvalue weighted by Crippen LogP contribution is -2.32. The Morgan fingerprint density at radius 2 is 1.73 bits per heavy atom. The molecule has 2 aromatic carbocycles. The average Bonchev–Trinajstić information content (AvgIpc) is 3.02. The Morgan fingerprint density at radius 1 is 1.10 bits per heavy atom. The number of carbonyl (C=O) groups excluding carboxylic acids is 2. The average molecular weight is 412 g/mol. The summed E-state index contributed by atoms with van der Waals surface area (Å²) in [5, 5.41) is 21.9. The molecule has 0 bridgehead atoms. The first-order chi connectivity index (χ1) is 14.4. The summed E-state index contributed by atoms with van der Waals surface area (Å²) in [5.41, 5.74) is 0.594. The number of likely N-dealkylation sites (tertiary alicyclic amines) is 1. The molecule has 0 radical (unpaired) electrons. The van der Waals surface area contributed by atoms with Crippen LogP contribution in [-0.2, 0) is 14.3 Å². The van der Waals surface area contributed by atoms with Crippen molar-refractivity contribution >= 4 is 23.1 Å². The van der Waals surface area contributed by atoms with Gasteiger partial charge in [-0.15, -0.1) is 0 Å². The van der Waals surface area contributed by atoms with Gasteiger partial charge in [0.05, 0.1) is 30.3 Å². The van der Waals surface area contributed by atoms with Crippen LogP contribution < -0.4 is 4.74 Å². The molecular weight excluding hydrogens is 392 g/mol. The van der Waals surface area contributed by atoms with E-state index in [0.29, 0.717) is 16.9 Å². The highest BCUT2D eigenvalue weighted by Crippen LogP contribution is 2.39. The van der Waals surface area contributed by atoms with Gasteiger partial charge in [-0.1, -0.05) is 0 Å². The molecule has 1 aliphatic rings. The molecule has 1 atom stereocenters. The van der Waals surface area contributed by atoms with Crippen LogP contribution in [0.1, 0.15) is 17.2 Å². The van der Waals surface area contributed by atoms with E-state index >= 15 is 0 Å². The number of non-ortho nitro benzene ring substituents is 1. The van der Waals surface area contributed by atoms with Crippen molar-refractivity contribution in [3.05, 3.63) is 75.3 Å². The topological polar surface area (TPSA) is 119 Å². The highest BCUT2D eigenvalue weighted by atomic mass is 16.6. The number of carbonyl (C=O) groups is 2. The first kappa shape index (κ1) is 21.0. The molecule has 1 aliphatic heterocycles. The minimum atomic E-state index is -0.900. The zero-order valence-electron chi connectivity index (χ0n) is 16.4. The summed E-state index contributed by atoms with van der Waals surface area (Å²) in [6.45, 7) is 0.293. The quantitative estimate of drug-likeness (QED) is 0.244. The van der Waals surface area contributed by atoms with Crippen LogP contribution in [0, 0.1) is 10.1 Å². The van der Waals surface area contributed by atoms with Crippen molar-refractivity contribution < 1.29 is 29.1 Å². The number of aliphatic hydroxyl groups excluding tert-OH is 1. The minimum Gasteiger partial charge on any atom is -0.507 e. The molecule has 9 heteroatoms. The third-order valence-corrected chi connectivity index (χ3v) is 4.86. The maximum atomic E-state index is 12.8. The number of nitrogens with zero attached hydrogens (tertiary/aromatic N) is 2. The molecule has 0 spiro atoms. The van der Waals surface area contributed by atoms with Crippen molar-refractivity contribution in [3.8, 4) is 5.75 Å². The number of hydrogen-bond acceptors (Lipinski definition) is 7. The standard InChI is InChI=1S/C21H20N2O7/c1-29-12-11-22-18(13-3-7-15(8-4-13)23(27)28)17(20(25)21(22)26)19(24)14-5-9-16(30-2)10-6-14/h3-10,18,24H,11-12H2,1-2H3/b19-17+/t18-/m1/s1. The van der Waals surface area contributed by atoms with E-state index in [-0.39, 0.29) is 30.2 Å². The highest BCUT2D eigenvalue weighted by Gasteiger charge is 2.45. The molecule has 1 amide bonds. The summed E-state index contributed by atoms with van der Waals surface area (Å²) in [5.74, 6) is -1.37. The number of methoxy groups -OCH3 is 2. The SMILES string of the molecule is COCCN1C(=O)C(=O)/C(=C(/O)c2ccc(OC)cc2)[C@H]1c1ccc([N+](=O)[O-])cc1. The molecule has 3 rings (SSSR count). The van der Waals surface area contributed by atoms with Gasteiger partial charge in [0.1, 0.15) is 11.5 Å². The van der Waals surface area contributed by atoms with Crippen molar-refractivity contribution in [2.75, 3.05) is 27.4 Å². The van der Waals surface area contributed by atoms with Crippen molar-refractivity contribution in [2.24, 2.45) is 0 Å². The van der Waals surface area contributed by atoms with Gasteiger partial charge in [-0.25, -0.2) is 0 Å². The molecule has 0 saturated carbocycles. The molecule has 9 nitrogen and oxygen atoms in total. The lowest BCUT2D eigenvalue weighted by Gasteiger charge is -2.25. The Morgan fingerprint density at radius 3 is 2.27 bits per heavy atom. The van der Waals surface area contributed by atoms with Crippen LogP contribution in [0.5, 0.6) is 5.75 Å². The number of Topliss-reactive ketones (excluding diaryl/α,β-unsaturated/α-hetero) is 1. The van der Waals surface area contributed by atoms with Crippen LogP contribution >= 0.6 is 0 Å². The fraction of sp³-hybridized carbons (Fsp3) is 0.238. The van der Waals surface area contributed by atoms with Crippen molar-refractivity contribution in [1.82, 2.24) is 4.90 Å². The number of nitro groups is 1. The predicted molar refractivity (Wildman–Crippen MR) is 107 cm³/mol. The van der Waals surface area contributed by atoms with Crippen molar-refractivity contribution in [1.29, 1.82) is 0 Å². The van der Waals surface area contributed by atoms with Gasteiger partial charge in [0.15, 0.2) is 0 Å². The Hall–Kier alpha value is -3.72. The van der Waals surface area contributed by atoms with Crippen molar-refractivity contribution in [3.63, 3.8) is 0 Å². The van der Waals surface area contributed by atoms with Crippen LogP contribution in [0.25, 0.3) is 5.76 Å². The van der Waals surface area contributed by atoms with Gasteiger partial charge in [-0.05, 0) is 42.0 Å². The van der Waals surface area contributed by atoms with Crippen LogP contribution in [0.2, 0.25) is 0 Å². The number of benzene rings is 2. The molecule has 0 aromatic heterocycles. The van der Waals surface area contributed by atoms with Gasteiger partial charge in [-0.3, -0.25) is 19.7 Å². The predicted octanol–water partition coefficient (Wildman–Crippen LogP) is 2.67. The fourth-order valence-corrected chi connectivity index (χ4v) is 3.33. The molecule has 1 fully saturated rings. The molecule has 1 heterocycles. The number of ketones is 1. The van der Waals surface area contributed by atoms with Crippen LogP contribution in [-0.4, -0.2) is 54.0 Å². The van der Waals surface area contributed by atoms with Crippen molar-refractivity contribution in [2.45, 2.75) is 6.04 Å². The van der Waals surface area contributed by atoms with Crippen LogP contribution in [0.3, 0.4) is 0 Å². The van der Waals surface area contributed by atoms with E-state index in [2.05, 4.69) is 0 Å². The normalized spacial score (nSPS) is 17.9. The summed E-state index contributed by atoms with van der Waals surface area (Å²) in [6, 6.07) is 11.0. The smallest absolute Gasteiger partial charge is 0.295 e. The molecular formula is C21H20N2O7. The second kappa shape index (κ2) is 8.75. The molecule has 0 aliphatic carbocycles. The Balaban J connectivity index is 2.12. The molecule has 0 unspecified atom stereocenters. The second-order valence-electron chi connectivity index (χ2n) is 6.56. The van der Waals surface area contributed by atoms with E-state index in [0.717, 1.165) is 0 Å². The first-order valence-electron chi connectivity index (χ1n) is 9.05. The minimum absolute atomic E-state index is 0.0878. The zero-order valence-corrected chi connectivity index (χ0v) is 16.4. The van der Waals surface area contributed by atoms with E-state index in [1.165, 1.54) is 43.4 Å². The van der Waals surface area contributed by atoms with Gasteiger partial charge in [0, 0.05) is 31.4 Å². The van der Waals surface area contributed by atoms with Gasteiger partial charge in [-0.2, -0.15) is 0 Å². The third kappa shape index (κ3) is 3.87. The Labute approximate surface area is 172 Å². The summed E-state index contributed by atoms with van der Waals surface area (Å²) in [4.78, 5) is 37.2. The third-order valence-electron chi connectivity index (χ3n) is 4.86. The summed E-state index contributed by atoms with van der Waals surface area (Å²) < 4.78 is 10.1. The lowest BCUT2D eigenvalue weighted by molar-refractivity contribution is -0.384. The molecule has 1 saturated heterocycles. The summed E-state index contributed by atoms with van der Waals surface area (Å²) >= 11 is 0. The van der Waals surface area contributed by atoms with Crippen LogP contribution in [0.15, 0.2) is 54.1 Å². The number of aliphatic hydroxyl groups is 1. The monoisotopic (exact) mass is 412 g/mol. The van der Waals surface area contributed by atoms with E-state index < -0.39 is 22.7 Å². The number of nitro benzene ring substituents is 1. The zero-order chi connectivity index (χ0) is 21.8. The van der Waals surface area contributed by atoms with Crippen LogP contribution in [0.4, 0.5) is 5.69 Å². The first-order valence-corrected chi connectivity index (χ1v) is 9.05. The number of amides is 1. The van der Waals surface area contributed by atoms with E-state index in [1.54, 1.807) is 24.3 Å². The second-order valence-corrected chi connectivity index (χ2v) is 6.56. The molecule has 2 aromatic rings. The van der Waals surface area contributed by atoms with Gasteiger partial charge < -0.3 is 19.5 Å². The molecule has 30 heavy (non-hydrogen) atoms. The van der Waals surface area contributed by atoms with E-state index in [4.69, 9.17) is 9.47 Å². The lowest BCUT2D eigenvalue weighted by atomic mass is 9.95.